The Morgan fingerprint density at radius 3 is 2.71 bits per heavy atom. The average molecular weight is 327 g/mol. The molecule has 1 aliphatic rings. The molecular formula is C18H21N3O3. The summed E-state index contributed by atoms with van der Waals surface area (Å²) >= 11 is 0. The number of hydrogen-bond donors (Lipinski definition) is 1. The number of ether oxygens (including phenoxy) is 1. The number of aromatic nitrogens is 1. The lowest BCUT2D eigenvalue weighted by Crippen LogP contribution is -2.34. The fraction of sp³-hybridized carbons (Fsp3) is 0.333. The van der Waals surface area contributed by atoms with Crippen molar-refractivity contribution in [3.63, 3.8) is 0 Å². The van der Waals surface area contributed by atoms with E-state index in [9.17, 15) is 9.59 Å². The van der Waals surface area contributed by atoms with E-state index in [1.807, 2.05) is 43.3 Å². The van der Waals surface area contributed by atoms with Crippen LogP contribution in [0.25, 0.3) is 0 Å². The number of aryl methyl sites for hydroxylation is 1. The number of likely N-dealkylation sites (tertiary alicyclic amines) is 1. The molecule has 24 heavy (non-hydrogen) atoms. The van der Waals surface area contributed by atoms with E-state index in [2.05, 4.69) is 5.32 Å². The minimum absolute atomic E-state index is 0.0957. The minimum atomic E-state index is -0.132. The van der Waals surface area contributed by atoms with Gasteiger partial charge in [-0.2, -0.15) is 0 Å². The van der Waals surface area contributed by atoms with Gasteiger partial charge >= 0.3 is 6.03 Å². The molecule has 0 spiro atoms. The first-order valence-corrected chi connectivity index (χ1v) is 7.98. The zero-order chi connectivity index (χ0) is 17.1. The summed E-state index contributed by atoms with van der Waals surface area (Å²) in [5, 5.41) is 2.87. The number of nitrogens with one attached hydrogen (secondary N) is 1. The molecular weight excluding hydrogens is 306 g/mol. The first kappa shape index (κ1) is 16.1. The van der Waals surface area contributed by atoms with Crippen molar-refractivity contribution < 1.29 is 9.53 Å². The van der Waals surface area contributed by atoms with Gasteiger partial charge in [-0.25, -0.2) is 4.79 Å². The number of anilines is 1. The number of hydrogen-bond acceptors (Lipinski definition) is 3. The van der Waals surface area contributed by atoms with E-state index >= 15 is 0 Å². The van der Waals surface area contributed by atoms with E-state index < -0.39 is 0 Å². The predicted octanol–water partition coefficient (Wildman–Crippen LogP) is 2.38. The molecule has 2 amide bonds. The van der Waals surface area contributed by atoms with E-state index in [-0.39, 0.29) is 17.7 Å². The SMILES string of the molecule is Cc1cc(OC2CCN(C(=O)Nc3ccccc3)C2)cc(=O)n1C. The van der Waals surface area contributed by atoms with E-state index in [0.717, 1.165) is 17.8 Å². The molecule has 0 radical (unpaired) electrons. The summed E-state index contributed by atoms with van der Waals surface area (Å²) in [5.74, 6) is 0.561. The second-order valence-corrected chi connectivity index (χ2v) is 6.00. The Hall–Kier alpha value is -2.76. The smallest absolute Gasteiger partial charge is 0.321 e. The van der Waals surface area contributed by atoms with Gasteiger partial charge in [-0.1, -0.05) is 18.2 Å². The highest BCUT2D eigenvalue weighted by atomic mass is 16.5. The maximum atomic E-state index is 12.3. The van der Waals surface area contributed by atoms with Crippen LogP contribution in [0, 0.1) is 6.92 Å². The van der Waals surface area contributed by atoms with E-state index in [4.69, 9.17) is 4.74 Å². The summed E-state index contributed by atoms with van der Waals surface area (Å²) < 4.78 is 7.46. The summed E-state index contributed by atoms with van der Waals surface area (Å²) in [7, 11) is 1.73. The molecule has 6 heteroatoms. The van der Waals surface area contributed by atoms with Crippen molar-refractivity contribution in [3.05, 3.63) is 58.5 Å². The number of benzene rings is 1. The van der Waals surface area contributed by atoms with Crippen molar-refractivity contribution in [2.45, 2.75) is 19.4 Å². The van der Waals surface area contributed by atoms with Crippen LogP contribution in [0.5, 0.6) is 5.75 Å². The molecule has 1 aromatic heterocycles. The van der Waals surface area contributed by atoms with Crippen LogP contribution in [-0.2, 0) is 7.05 Å². The topological polar surface area (TPSA) is 63.6 Å². The molecule has 1 aromatic carbocycles. The lowest BCUT2D eigenvalue weighted by atomic mass is 10.3. The third-order valence-corrected chi connectivity index (χ3v) is 4.24. The number of carbonyl (C=O) groups excluding carboxylic acids is 1. The largest absolute Gasteiger partial charge is 0.488 e. The molecule has 1 unspecified atom stereocenters. The van der Waals surface area contributed by atoms with Crippen molar-refractivity contribution in [2.24, 2.45) is 7.05 Å². The molecule has 1 aliphatic heterocycles. The normalized spacial score (nSPS) is 16.9. The number of urea groups is 1. The molecule has 0 bridgehead atoms. The van der Waals surface area contributed by atoms with Crippen LogP contribution in [0.2, 0.25) is 0 Å². The lowest BCUT2D eigenvalue weighted by Gasteiger charge is -2.18. The van der Waals surface area contributed by atoms with Crippen molar-refractivity contribution >= 4 is 11.7 Å². The van der Waals surface area contributed by atoms with Gasteiger partial charge in [0.1, 0.15) is 11.9 Å². The van der Waals surface area contributed by atoms with Crippen molar-refractivity contribution in [2.75, 3.05) is 18.4 Å². The first-order valence-electron chi connectivity index (χ1n) is 7.98. The lowest BCUT2D eigenvalue weighted by molar-refractivity contribution is 0.194. The highest BCUT2D eigenvalue weighted by molar-refractivity contribution is 5.89. The fourth-order valence-corrected chi connectivity index (χ4v) is 2.73. The number of nitrogens with zero attached hydrogens (tertiary/aromatic N) is 2. The molecule has 1 N–H and O–H groups in total. The van der Waals surface area contributed by atoms with Gasteiger partial charge in [0.05, 0.1) is 6.54 Å². The van der Waals surface area contributed by atoms with Crippen LogP contribution >= 0.6 is 0 Å². The van der Waals surface area contributed by atoms with Gasteiger partial charge in [0.15, 0.2) is 0 Å². The highest BCUT2D eigenvalue weighted by Crippen LogP contribution is 2.19. The minimum Gasteiger partial charge on any atom is -0.488 e. The van der Waals surface area contributed by atoms with Crippen LogP contribution < -0.4 is 15.6 Å². The fourth-order valence-electron chi connectivity index (χ4n) is 2.73. The molecule has 0 saturated carbocycles. The van der Waals surface area contributed by atoms with Gasteiger partial charge in [0.25, 0.3) is 5.56 Å². The van der Waals surface area contributed by atoms with Crippen molar-refractivity contribution in [1.29, 1.82) is 0 Å². The molecule has 2 aromatic rings. The maximum Gasteiger partial charge on any atom is 0.321 e. The second-order valence-electron chi connectivity index (χ2n) is 6.00. The van der Waals surface area contributed by atoms with E-state index in [0.29, 0.717) is 18.8 Å². The Labute approximate surface area is 140 Å². The highest BCUT2D eigenvalue weighted by Gasteiger charge is 2.27. The number of pyridine rings is 1. The average Bonchev–Trinajstić information content (AvgIpc) is 3.02. The van der Waals surface area contributed by atoms with Gasteiger partial charge in [0.2, 0.25) is 0 Å². The van der Waals surface area contributed by atoms with Gasteiger partial charge in [0, 0.05) is 37.5 Å². The van der Waals surface area contributed by atoms with E-state index in [1.165, 1.54) is 6.07 Å². The Morgan fingerprint density at radius 2 is 2.00 bits per heavy atom. The monoisotopic (exact) mass is 327 g/mol. The standard InChI is InChI=1S/C18H21N3O3/c1-13-10-16(11-17(22)20(13)2)24-15-8-9-21(12-15)18(23)19-14-6-4-3-5-7-14/h3-7,10-11,15H,8-9,12H2,1-2H3,(H,19,23). The van der Waals surface area contributed by atoms with E-state index in [1.54, 1.807) is 16.5 Å². The zero-order valence-corrected chi connectivity index (χ0v) is 13.9. The maximum absolute atomic E-state index is 12.3. The first-order chi connectivity index (χ1) is 11.5. The summed E-state index contributed by atoms with van der Waals surface area (Å²) in [5.41, 5.74) is 1.52. The van der Waals surface area contributed by atoms with Gasteiger partial charge in [-0.3, -0.25) is 4.79 Å². The number of carbonyl (C=O) groups is 1. The van der Waals surface area contributed by atoms with Crippen LogP contribution in [0.15, 0.2) is 47.3 Å². The number of rotatable bonds is 3. The zero-order valence-electron chi connectivity index (χ0n) is 13.9. The Kier molecular flexibility index (Phi) is 4.55. The summed E-state index contributed by atoms with van der Waals surface area (Å²) in [6, 6.07) is 12.6. The molecule has 3 rings (SSSR count). The number of amides is 2. The van der Waals surface area contributed by atoms with Crippen LogP contribution in [0.1, 0.15) is 12.1 Å². The van der Waals surface area contributed by atoms with Crippen molar-refractivity contribution in [1.82, 2.24) is 9.47 Å². The second kappa shape index (κ2) is 6.78. The molecule has 1 saturated heterocycles. The third kappa shape index (κ3) is 3.59. The summed E-state index contributed by atoms with van der Waals surface area (Å²) in [4.78, 5) is 25.8. The quantitative estimate of drug-likeness (QED) is 0.941. The Bertz CT molecular complexity index is 786. The third-order valence-electron chi connectivity index (χ3n) is 4.24. The molecule has 126 valence electrons. The molecule has 6 nitrogen and oxygen atoms in total. The summed E-state index contributed by atoms with van der Waals surface area (Å²) in [6.07, 6.45) is 0.647. The van der Waals surface area contributed by atoms with Crippen LogP contribution in [0.4, 0.5) is 10.5 Å². The number of para-hydroxylation sites is 1. The van der Waals surface area contributed by atoms with Gasteiger partial charge in [-0.05, 0) is 25.1 Å². The summed E-state index contributed by atoms with van der Waals surface area (Å²) in [6.45, 7) is 3.00. The molecule has 1 atom stereocenters. The molecule has 0 aliphatic carbocycles. The van der Waals surface area contributed by atoms with Crippen molar-refractivity contribution in [3.8, 4) is 5.75 Å². The van der Waals surface area contributed by atoms with Crippen LogP contribution in [0.3, 0.4) is 0 Å². The Morgan fingerprint density at radius 1 is 1.25 bits per heavy atom. The van der Waals surface area contributed by atoms with Gasteiger partial charge in [-0.15, -0.1) is 0 Å². The van der Waals surface area contributed by atoms with Crippen LogP contribution in [-0.4, -0.2) is 34.7 Å². The predicted molar refractivity (Wildman–Crippen MR) is 92.5 cm³/mol. The Balaban J connectivity index is 1.59. The van der Waals surface area contributed by atoms with Gasteiger partial charge < -0.3 is 19.5 Å². The molecule has 2 heterocycles. The molecule has 1 fully saturated rings.